The van der Waals surface area contributed by atoms with Crippen LogP contribution in [0.5, 0.6) is 5.75 Å². The summed E-state index contributed by atoms with van der Waals surface area (Å²) in [6.45, 7) is 0. The highest BCUT2D eigenvalue weighted by molar-refractivity contribution is 5.77. The molecule has 1 unspecified atom stereocenters. The summed E-state index contributed by atoms with van der Waals surface area (Å²) in [5.41, 5.74) is 7.83. The van der Waals surface area contributed by atoms with Crippen LogP contribution in [-0.4, -0.2) is 25.1 Å². The van der Waals surface area contributed by atoms with Gasteiger partial charge in [-0.25, -0.2) is 0 Å². The molecule has 0 saturated carbocycles. The maximum atomic E-state index is 10.5. The number of benzene rings is 1. The van der Waals surface area contributed by atoms with E-state index in [1.807, 2.05) is 24.3 Å². The Labute approximate surface area is 106 Å². The molecule has 3 N–H and O–H groups in total. The van der Waals surface area contributed by atoms with E-state index in [0.717, 1.165) is 5.56 Å². The average Bonchev–Trinajstić information content (AvgIpc) is 2.39. The molecule has 1 aliphatic carbocycles. The summed E-state index contributed by atoms with van der Waals surface area (Å²) in [6.07, 6.45) is 3.95. The molecule has 4 nitrogen and oxygen atoms in total. The van der Waals surface area contributed by atoms with Gasteiger partial charge < -0.3 is 20.3 Å². The van der Waals surface area contributed by atoms with Crippen LogP contribution in [0.1, 0.15) is 12.0 Å². The zero-order chi connectivity index (χ0) is 13.2. The van der Waals surface area contributed by atoms with E-state index in [2.05, 4.69) is 0 Å². The number of allylic oxidation sites excluding steroid dienone is 1. The molecule has 0 aliphatic heterocycles. The molecule has 1 atom stereocenters. The average molecular weight is 247 g/mol. The normalized spacial score (nSPS) is 23.3. The van der Waals surface area contributed by atoms with Crippen molar-refractivity contribution in [3.63, 3.8) is 0 Å². The number of aliphatic hydroxyl groups is 1. The van der Waals surface area contributed by atoms with E-state index in [0.29, 0.717) is 23.4 Å². The monoisotopic (exact) mass is 247 g/mol. The molecule has 0 aromatic heterocycles. The molecule has 0 heterocycles. The number of methoxy groups -OCH3 is 2. The molecule has 96 valence electrons. The van der Waals surface area contributed by atoms with Crippen molar-refractivity contribution < 1.29 is 14.6 Å². The predicted molar refractivity (Wildman–Crippen MR) is 69.8 cm³/mol. The smallest absolute Gasteiger partial charge is 0.198 e. The van der Waals surface area contributed by atoms with E-state index in [1.54, 1.807) is 19.3 Å². The van der Waals surface area contributed by atoms with Crippen LogP contribution in [0.2, 0.25) is 0 Å². The van der Waals surface area contributed by atoms with Crippen molar-refractivity contribution in [2.75, 3.05) is 14.2 Å². The molecule has 0 fully saturated rings. The Kier molecular flexibility index (Phi) is 3.41. The Morgan fingerprint density at radius 1 is 1.33 bits per heavy atom. The Morgan fingerprint density at radius 3 is 2.78 bits per heavy atom. The van der Waals surface area contributed by atoms with Gasteiger partial charge in [0.25, 0.3) is 0 Å². The maximum Gasteiger partial charge on any atom is 0.198 e. The molecule has 0 bridgehead atoms. The minimum atomic E-state index is -1.38. The highest BCUT2D eigenvalue weighted by Gasteiger charge is 2.35. The third-order valence-electron chi connectivity index (χ3n) is 3.07. The van der Waals surface area contributed by atoms with Crippen LogP contribution in [0.4, 0.5) is 0 Å². The standard InChI is InChI=1S/C14H17NO3/c1-17-11-6-3-5-10(9-11)13-12(15)7-4-8-14(13,16)18-2/h3-7,9,16H,8,15H2,1-2H3. The molecule has 1 aliphatic rings. The molecular weight excluding hydrogens is 230 g/mol. The van der Waals surface area contributed by atoms with Gasteiger partial charge in [0.1, 0.15) is 5.75 Å². The van der Waals surface area contributed by atoms with Gasteiger partial charge in [0.05, 0.1) is 7.11 Å². The second kappa shape index (κ2) is 4.84. The van der Waals surface area contributed by atoms with E-state index in [-0.39, 0.29) is 0 Å². The van der Waals surface area contributed by atoms with Crippen molar-refractivity contribution in [1.29, 1.82) is 0 Å². The van der Waals surface area contributed by atoms with Gasteiger partial charge in [0.15, 0.2) is 5.79 Å². The predicted octanol–water partition coefficient (Wildman–Crippen LogP) is 1.66. The lowest BCUT2D eigenvalue weighted by molar-refractivity contribution is -0.134. The second-order valence-corrected chi connectivity index (χ2v) is 4.16. The Morgan fingerprint density at radius 2 is 2.11 bits per heavy atom. The summed E-state index contributed by atoms with van der Waals surface area (Å²) in [5.74, 6) is -0.675. The summed E-state index contributed by atoms with van der Waals surface area (Å²) < 4.78 is 10.4. The first-order chi connectivity index (χ1) is 8.60. The number of hydrogen-bond donors (Lipinski definition) is 2. The Bertz CT molecular complexity index is 508. The lowest BCUT2D eigenvalue weighted by Gasteiger charge is -2.32. The van der Waals surface area contributed by atoms with Gasteiger partial charge >= 0.3 is 0 Å². The van der Waals surface area contributed by atoms with E-state index >= 15 is 0 Å². The van der Waals surface area contributed by atoms with E-state index < -0.39 is 5.79 Å². The Balaban J connectivity index is 2.54. The molecule has 0 saturated heterocycles. The van der Waals surface area contributed by atoms with Crippen molar-refractivity contribution in [3.05, 3.63) is 47.7 Å². The minimum absolute atomic E-state index is 0.372. The highest BCUT2D eigenvalue weighted by atomic mass is 16.6. The van der Waals surface area contributed by atoms with Crippen LogP contribution in [0.15, 0.2) is 42.1 Å². The fraction of sp³-hybridized carbons (Fsp3) is 0.286. The van der Waals surface area contributed by atoms with Crippen LogP contribution in [0, 0.1) is 0 Å². The van der Waals surface area contributed by atoms with Crippen molar-refractivity contribution in [2.45, 2.75) is 12.2 Å². The zero-order valence-corrected chi connectivity index (χ0v) is 10.5. The molecule has 1 aromatic carbocycles. The molecule has 18 heavy (non-hydrogen) atoms. The van der Waals surface area contributed by atoms with E-state index in [9.17, 15) is 5.11 Å². The molecular formula is C14H17NO3. The fourth-order valence-electron chi connectivity index (χ4n) is 2.11. The van der Waals surface area contributed by atoms with Crippen LogP contribution in [0.25, 0.3) is 5.57 Å². The first-order valence-electron chi connectivity index (χ1n) is 5.69. The van der Waals surface area contributed by atoms with Crippen LogP contribution >= 0.6 is 0 Å². The SMILES string of the molecule is COc1cccc(C2=C(N)C=CCC2(O)OC)c1. The summed E-state index contributed by atoms with van der Waals surface area (Å²) in [5, 5.41) is 10.5. The van der Waals surface area contributed by atoms with Gasteiger partial charge in [-0.15, -0.1) is 0 Å². The van der Waals surface area contributed by atoms with Gasteiger partial charge in [-0.05, 0) is 23.8 Å². The summed E-state index contributed by atoms with van der Waals surface area (Å²) in [4.78, 5) is 0. The van der Waals surface area contributed by atoms with Gasteiger partial charge in [0.2, 0.25) is 0 Å². The van der Waals surface area contributed by atoms with Gasteiger partial charge in [-0.1, -0.05) is 18.2 Å². The van der Waals surface area contributed by atoms with Crippen molar-refractivity contribution >= 4 is 5.57 Å². The number of ether oxygens (including phenoxy) is 2. The number of hydrogen-bond acceptors (Lipinski definition) is 4. The third kappa shape index (κ3) is 2.12. The lowest BCUT2D eigenvalue weighted by atomic mass is 9.89. The van der Waals surface area contributed by atoms with Crippen molar-refractivity contribution in [2.24, 2.45) is 5.73 Å². The highest BCUT2D eigenvalue weighted by Crippen LogP contribution is 2.37. The fourth-order valence-corrected chi connectivity index (χ4v) is 2.11. The summed E-state index contributed by atoms with van der Waals surface area (Å²) >= 11 is 0. The summed E-state index contributed by atoms with van der Waals surface area (Å²) in [7, 11) is 3.06. The minimum Gasteiger partial charge on any atom is -0.497 e. The molecule has 0 amide bonds. The number of nitrogens with two attached hydrogens (primary N) is 1. The van der Waals surface area contributed by atoms with Gasteiger partial charge in [0, 0.05) is 24.8 Å². The maximum absolute atomic E-state index is 10.5. The van der Waals surface area contributed by atoms with Crippen molar-refractivity contribution in [1.82, 2.24) is 0 Å². The molecule has 0 spiro atoms. The molecule has 1 aromatic rings. The van der Waals surface area contributed by atoms with Crippen LogP contribution < -0.4 is 10.5 Å². The lowest BCUT2D eigenvalue weighted by Crippen LogP contribution is -2.35. The molecule has 4 heteroatoms. The Hall–Kier alpha value is -1.78. The van der Waals surface area contributed by atoms with Gasteiger partial charge in [-0.2, -0.15) is 0 Å². The van der Waals surface area contributed by atoms with Crippen molar-refractivity contribution in [3.8, 4) is 5.75 Å². The van der Waals surface area contributed by atoms with E-state index in [1.165, 1.54) is 7.11 Å². The van der Waals surface area contributed by atoms with Crippen LogP contribution in [0.3, 0.4) is 0 Å². The van der Waals surface area contributed by atoms with E-state index in [4.69, 9.17) is 15.2 Å². The van der Waals surface area contributed by atoms with Gasteiger partial charge in [-0.3, -0.25) is 0 Å². The topological polar surface area (TPSA) is 64.7 Å². The first kappa shape index (κ1) is 12.7. The first-order valence-corrected chi connectivity index (χ1v) is 5.69. The molecule has 0 radical (unpaired) electrons. The second-order valence-electron chi connectivity index (χ2n) is 4.16. The zero-order valence-electron chi connectivity index (χ0n) is 10.5. The molecule has 2 rings (SSSR count). The summed E-state index contributed by atoms with van der Waals surface area (Å²) in [6, 6.07) is 7.38. The number of rotatable bonds is 3. The largest absolute Gasteiger partial charge is 0.497 e. The third-order valence-corrected chi connectivity index (χ3v) is 3.07. The van der Waals surface area contributed by atoms with Crippen LogP contribution in [-0.2, 0) is 4.74 Å². The quantitative estimate of drug-likeness (QED) is 0.797.